The number of hydrogen-bond acceptors (Lipinski definition) is 3. The Hall–Kier alpha value is -1.82. The van der Waals surface area contributed by atoms with Gasteiger partial charge in [0.2, 0.25) is 0 Å². The van der Waals surface area contributed by atoms with E-state index >= 15 is 0 Å². The molecule has 0 saturated heterocycles. The van der Waals surface area contributed by atoms with Gasteiger partial charge in [-0.25, -0.2) is 0 Å². The van der Waals surface area contributed by atoms with E-state index < -0.39 is 0 Å². The van der Waals surface area contributed by atoms with Crippen molar-refractivity contribution in [2.75, 3.05) is 6.61 Å². The van der Waals surface area contributed by atoms with Crippen LogP contribution in [0.1, 0.15) is 23.6 Å². The van der Waals surface area contributed by atoms with E-state index in [-0.39, 0.29) is 12.4 Å². The van der Waals surface area contributed by atoms with Crippen molar-refractivity contribution < 1.29 is 9.53 Å². The van der Waals surface area contributed by atoms with Gasteiger partial charge in [-0.15, -0.1) is 0 Å². The normalized spacial score (nSPS) is 9.40. The predicted molar refractivity (Wildman–Crippen MR) is 56.2 cm³/mol. The number of ether oxygens (including phenoxy) is 1. The second-order valence-electron chi connectivity index (χ2n) is 3.18. The van der Waals surface area contributed by atoms with Gasteiger partial charge in [0, 0.05) is 0 Å². The van der Waals surface area contributed by atoms with Crippen molar-refractivity contribution >= 4 is 5.97 Å². The minimum absolute atomic E-state index is 0.231. The summed E-state index contributed by atoms with van der Waals surface area (Å²) < 4.78 is 4.85. The van der Waals surface area contributed by atoms with Gasteiger partial charge in [-0.1, -0.05) is 12.1 Å². The summed E-state index contributed by atoms with van der Waals surface area (Å²) in [5.41, 5.74) is 2.32. The van der Waals surface area contributed by atoms with Gasteiger partial charge in [-0.2, -0.15) is 5.26 Å². The van der Waals surface area contributed by atoms with E-state index in [1.807, 2.05) is 13.0 Å². The minimum Gasteiger partial charge on any atom is -0.466 e. The highest BCUT2D eigenvalue weighted by Crippen LogP contribution is 2.13. The highest BCUT2D eigenvalue weighted by atomic mass is 16.5. The summed E-state index contributed by atoms with van der Waals surface area (Å²) in [4.78, 5) is 11.3. The van der Waals surface area contributed by atoms with Gasteiger partial charge in [-0.05, 0) is 31.0 Å². The number of benzene rings is 1. The van der Waals surface area contributed by atoms with E-state index in [2.05, 4.69) is 6.07 Å². The molecule has 0 aliphatic carbocycles. The molecule has 0 atom stereocenters. The molecule has 15 heavy (non-hydrogen) atoms. The fourth-order valence-corrected chi connectivity index (χ4v) is 1.36. The molecule has 0 aliphatic rings. The summed E-state index contributed by atoms with van der Waals surface area (Å²) in [6.45, 7) is 4.00. The molecular formula is C12H13NO2. The number of carbonyl (C=O) groups excluding carboxylic acids is 1. The lowest BCUT2D eigenvalue weighted by Gasteiger charge is -2.06. The molecule has 0 radical (unpaired) electrons. The average Bonchev–Trinajstić information content (AvgIpc) is 2.21. The molecule has 3 heteroatoms. The van der Waals surface area contributed by atoms with Crippen LogP contribution in [0.3, 0.4) is 0 Å². The van der Waals surface area contributed by atoms with Crippen LogP contribution in [0.4, 0.5) is 0 Å². The Bertz CT molecular complexity index is 405. The van der Waals surface area contributed by atoms with E-state index in [4.69, 9.17) is 10.00 Å². The largest absolute Gasteiger partial charge is 0.466 e. The van der Waals surface area contributed by atoms with Crippen LogP contribution < -0.4 is 0 Å². The van der Waals surface area contributed by atoms with Crippen molar-refractivity contribution in [3.63, 3.8) is 0 Å². The van der Waals surface area contributed by atoms with Crippen LogP contribution in [0, 0.1) is 18.3 Å². The van der Waals surface area contributed by atoms with Crippen LogP contribution in [0.5, 0.6) is 0 Å². The second-order valence-corrected chi connectivity index (χ2v) is 3.18. The van der Waals surface area contributed by atoms with Crippen molar-refractivity contribution in [2.24, 2.45) is 0 Å². The molecule has 0 N–H and O–H groups in total. The van der Waals surface area contributed by atoms with E-state index in [1.165, 1.54) is 0 Å². The molecule has 1 aromatic carbocycles. The Balaban J connectivity index is 2.87. The fraction of sp³-hybridized carbons (Fsp3) is 0.333. The maximum absolute atomic E-state index is 11.3. The van der Waals surface area contributed by atoms with E-state index in [0.717, 1.165) is 11.1 Å². The molecule has 0 spiro atoms. The van der Waals surface area contributed by atoms with Crippen LogP contribution in [-0.4, -0.2) is 12.6 Å². The zero-order valence-corrected chi connectivity index (χ0v) is 8.91. The molecule has 0 amide bonds. The third-order valence-electron chi connectivity index (χ3n) is 2.21. The monoisotopic (exact) mass is 203 g/mol. The minimum atomic E-state index is -0.254. The first-order chi connectivity index (χ1) is 7.19. The zero-order valence-electron chi connectivity index (χ0n) is 8.91. The van der Waals surface area contributed by atoms with Crippen molar-refractivity contribution in [1.29, 1.82) is 5.26 Å². The number of nitrogens with zero attached hydrogens (tertiary/aromatic N) is 1. The molecule has 0 unspecified atom stereocenters. The smallest absolute Gasteiger partial charge is 0.310 e. The van der Waals surface area contributed by atoms with Gasteiger partial charge in [0.05, 0.1) is 24.7 Å². The molecule has 78 valence electrons. The van der Waals surface area contributed by atoms with Gasteiger partial charge in [0.15, 0.2) is 0 Å². The summed E-state index contributed by atoms with van der Waals surface area (Å²) in [5.74, 6) is -0.254. The summed E-state index contributed by atoms with van der Waals surface area (Å²) >= 11 is 0. The van der Waals surface area contributed by atoms with E-state index in [9.17, 15) is 4.79 Å². The number of esters is 1. The molecule has 3 nitrogen and oxygen atoms in total. The standard InChI is InChI=1S/C12H13NO2/c1-3-15-12(14)7-10-5-4-6-11(8-13)9(10)2/h4-6H,3,7H2,1-2H3. The SMILES string of the molecule is CCOC(=O)Cc1cccc(C#N)c1C. The highest BCUT2D eigenvalue weighted by molar-refractivity contribution is 5.73. The van der Waals surface area contributed by atoms with Crippen LogP contribution in [0.15, 0.2) is 18.2 Å². The van der Waals surface area contributed by atoms with Crippen molar-refractivity contribution in [3.8, 4) is 6.07 Å². The lowest BCUT2D eigenvalue weighted by molar-refractivity contribution is -0.142. The third-order valence-corrected chi connectivity index (χ3v) is 2.21. The number of nitriles is 1. The molecular weight excluding hydrogens is 190 g/mol. The molecule has 0 heterocycles. The Morgan fingerprint density at radius 2 is 2.27 bits per heavy atom. The Morgan fingerprint density at radius 1 is 1.53 bits per heavy atom. The summed E-state index contributed by atoms with van der Waals surface area (Å²) in [5, 5.41) is 8.81. The Morgan fingerprint density at radius 3 is 2.87 bits per heavy atom. The number of carbonyl (C=O) groups is 1. The Kier molecular flexibility index (Phi) is 3.87. The first-order valence-corrected chi connectivity index (χ1v) is 4.83. The van der Waals surface area contributed by atoms with Crippen LogP contribution in [-0.2, 0) is 16.0 Å². The van der Waals surface area contributed by atoms with Crippen molar-refractivity contribution in [1.82, 2.24) is 0 Å². The lowest BCUT2D eigenvalue weighted by Crippen LogP contribution is -2.08. The van der Waals surface area contributed by atoms with Gasteiger partial charge >= 0.3 is 5.97 Å². The molecule has 0 fully saturated rings. The van der Waals surface area contributed by atoms with Crippen molar-refractivity contribution in [3.05, 3.63) is 34.9 Å². The molecule has 1 aromatic rings. The quantitative estimate of drug-likeness (QED) is 0.706. The van der Waals surface area contributed by atoms with Gasteiger partial charge in [0.25, 0.3) is 0 Å². The predicted octanol–water partition coefficient (Wildman–Crippen LogP) is 1.97. The van der Waals surface area contributed by atoms with Crippen molar-refractivity contribution in [2.45, 2.75) is 20.3 Å². The highest BCUT2D eigenvalue weighted by Gasteiger charge is 2.08. The molecule has 1 rings (SSSR count). The fourth-order valence-electron chi connectivity index (χ4n) is 1.36. The molecule has 0 saturated carbocycles. The maximum Gasteiger partial charge on any atom is 0.310 e. The van der Waals surface area contributed by atoms with Crippen LogP contribution in [0.25, 0.3) is 0 Å². The van der Waals surface area contributed by atoms with E-state index in [0.29, 0.717) is 12.2 Å². The topological polar surface area (TPSA) is 50.1 Å². The van der Waals surface area contributed by atoms with Gasteiger partial charge < -0.3 is 4.74 Å². The average molecular weight is 203 g/mol. The molecule has 0 bridgehead atoms. The summed E-state index contributed by atoms with van der Waals surface area (Å²) in [6, 6.07) is 7.45. The lowest BCUT2D eigenvalue weighted by atomic mass is 10.0. The van der Waals surface area contributed by atoms with Crippen LogP contribution in [0.2, 0.25) is 0 Å². The zero-order chi connectivity index (χ0) is 11.3. The summed E-state index contributed by atoms with van der Waals surface area (Å²) in [6.07, 6.45) is 0.231. The Labute approximate surface area is 89.3 Å². The molecule has 0 aliphatic heterocycles. The second kappa shape index (κ2) is 5.16. The van der Waals surface area contributed by atoms with E-state index in [1.54, 1.807) is 19.1 Å². The molecule has 0 aromatic heterocycles. The first-order valence-electron chi connectivity index (χ1n) is 4.83. The first kappa shape index (κ1) is 11.3. The van der Waals surface area contributed by atoms with Gasteiger partial charge in [-0.3, -0.25) is 4.79 Å². The number of hydrogen-bond donors (Lipinski definition) is 0. The van der Waals surface area contributed by atoms with Crippen LogP contribution >= 0.6 is 0 Å². The van der Waals surface area contributed by atoms with Gasteiger partial charge in [0.1, 0.15) is 0 Å². The maximum atomic E-state index is 11.3. The third kappa shape index (κ3) is 2.81. The summed E-state index contributed by atoms with van der Waals surface area (Å²) in [7, 11) is 0. The number of rotatable bonds is 3.